The average molecular weight is 366 g/mol. The van der Waals surface area contributed by atoms with E-state index in [2.05, 4.69) is 51.8 Å². The lowest BCUT2D eigenvalue weighted by Crippen LogP contribution is -2.15. The Balaban J connectivity index is 2.07. The van der Waals surface area contributed by atoms with Crippen LogP contribution in [0.15, 0.2) is 10.5 Å². The maximum atomic E-state index is 3.91. The van der Waals surface area contributed by atoms with Crippen molar-refractivity contribution in [1.29, 1.82) is 0 Å². The Kier molecular flexibility index (Phi) is 4.53. The number of rotatable bonds is 2. The molecule has 0 amide bonds. The third-order valence-corrected chi connectivity index (χ3v) is 7.12. The molecule has 1 fully saturated rings. The van der Waals surface area contributed by atoms with Gasteiger partial charge in [0.05, 0.1) is 4.83 Å². The molecule has 1 heterocycles. The highest BCUT2D eigenvalue weighted by atomic mass is 79.9. The van der Waals surface area contributed by atoms with Gasteiger partial charge >= 0.3 is 0 Å². The van der Waals surface area contributed by atoms with E-state index in [0.717, 1.165) is 11.8 Å². The summed E-state index contributed by atoms with van der Waals surface area (Å²) in [6.07, 6.45) is 5.55. The van der Waals surface area contributed by atoms with Gasteiger partial charge in [-0.3, -0.25) is 0 Å². The van der Waals surface area contributed by atoms with Crippen LogP contribution in [0.5, 0.6) is 0 Å². The van der Waals surface area contributed by atoms with Crippen LogP contribution in [-0.4, -0.2) is 0 Å². The number of halogens is 2. The summed E-state index contributed by atoms with van der Waals surface area (Å²) in [4.78, 5) is 3.43. The maximum absolute atomic E-state index is 3.91. The van der Waals surface area contributed by atoms with Gasteiger partial charge < -0.3 is 0 Å². The number of thiophene rings is 1. The summed E-state index contributed by atoms with van der Waals surface area (Å²) in [5.74, 6) is 1.76. The second-order valence-corrected chi connectivity index (χ2v) is 8.12. The monoisotopic (exact) mass is 364 g/mol. The van der Waals surface area contributed by atoms with Crippen LogP contribution >= 0.6 is 43.2 Å². The zero-order chi connectivity index (χ0) is 11.7. The molecule has 16 heavy (non-hydrogen) atoms. The molecule has 1 aromatic heterocycles. The average Bonchev–Trinajstić information content (AvgIpc) is 2.58. The second-order valence-electron chi connectivity index (χ2n) is 4.99. The minimum Gasteiger partial charge on any atom is -0.143 e. The summed E-state index contributed by atoms with van der Waals surface area (Å²) < 4.78 is 1.29. The lowest BCUT2D eigenvalue weighted by molar-refractivity contribution is 0.288. The number of aryl methyl sites for hydroxylation is 1. The molecule has 3 heteroatoms. The van der Waals surface area contributed by atoms with Gasteiger partial charge in [0, 0.05) is 14.2 Å². The van der Waals surface area contributed by atoms with Crippen molar-refractivity contribution in [2.45, 2.75) is 44.4 Å². The summed E-state index contributed by atoms with van der Waals surface area (Å²) in [5, 5.41) is 0. The van der Waals surface area contributed by atoms with E-state index < -0.39 is 0 Å². The molecule has 90 valence electrons. The fourth-order valence-electron chi connectivity index (χ4n) is 2.48. The summed E-state index contributed by atoms with van der Waals surface area (Å²) in [5.41, 5.74) is 0. The molecular weight excluding hydrogens is 348 g/mol. The Morgan fingerprint density at radius 3 is 2.44 bits per heavy atom. The van der Waals surface area contributed by atoms with Crippen molar-refractivity contribution >= 4 is 43.2 Å². The minimum absolute atomic E-state index is 0.549. The predicted molar refractivity (Wildman–Crippen MR) is 79.5 cm³/mol. The molecule has 1 saturated carbocycles. The quantitative estimate of drug-likeness (QED) is 0.557. The van der Waals surface area contributed by atoms with Gasteiger partial charge in [-0.25, -0.2) is 0 Å². The Bertz CT molecular complexity index is 351. The van der Waals surface area contributed by atoms with Gasteiger partial charge in [0.25, 0.3) is 0 Å². The zero-order valence-corrected chi connectivity index (χ0v) is 13.8. The highest BCUT2D eigenvalue weighted by molar-refractivity contribution is 9.11. The van der Waals surface area contributed by atoms with Crippen LogP contribution in [0.4, 0.5) is 0 Å². The summed E-state index contributed by atoms with van der Waals surface area (Å²) in [6.45, 7) is 4.56. The summed E-state index contributed by atoms with van der Waals surface area (Å²) >= 11 is 9.51. The highest BCUT2D eigenvalue weighted by Gasteiger charge is 2.27. The molecule has 1 aromatic rings. The van der Waals surface area contributed by atoms with E-state index in [9.17, 15) is 0 Å². The van der Waals surface area contributed by atoms with Crippen LogP contribution in [0.3, 0.4) is 0 Å². The van der Waals surface area contributed by atoms with E-state index in [1.54, 1.807) is 0 Å². The molecule has 0 aliphatic heterocycles. The first-order valence-corrected chi connectivity index (χ1v) is 8.50. The number of alkyl halides is 1. The molecule has 0 N–H and O–H groups in total. The summed E-state index contributed by atoms with van der Waals surface area (Å²) in [6, 6.07) is 2.24. The van der Waals surface area contributed by atoms with Crippen LogP contribution in [0.25, 0.3) is 0 Å². The molecule has 0 nitrogen and oxygen atoms in total. The van der Waals surface area contributed by atoms with E-state index >= 15 is 0 Å². The molecule has 0 spiro atoms. The summed E-state index contributed by atoms with van der Waals surface area (Å²) in [7, 11) is 0. The smallest absolute Gasteiger partial charge is 0.0528 e. The normalized spacial score (nSPS) is 28.0. The van der Waals surface area contributed by atoms with Gasteiger partial charge in [0.15, 0.2) is 0 Å². The standard InChI is InChI=1S/C13H18Br2S/c1-8-3-5-10(6-4-8)12(15)13-11(14)7-9(2)16-13/h7-8,10,12H,3-6H2,1-2H3. The van der Waals surface area contributed by atoms with Crippen molar-refractivity contribution in [3.63, 3.8) is 0 Å². The first kappa shape index (κ1) is 13.1. The molecule has 0 saturated heterocycles. The molecule has 1 aliphatic carbocycles. The lowest BCUT2D eigenvalue weighted by atomic mass is 9.81. The van der Waals surface area contributed by atoms with Crippen molar-refractivity contribution in [2.75, 3.05) is 0 Å². The van der Waals surface area contributed by atoms with Gasteiger partial charge in [-0.05, 0) is 53.6 Å². The van der Waals surface area contributed by atoms with E-state index in [1.807, 2.05) is 11.3 Å². The van der Waals surface area contributed by atoms with Gasteiger partial charge in [0.2, 0.25) is 0 Å². The van der Waals surface area contributed by atoms with Gasteiger partial charge in [-0.2, -0.15) is 0 Å². The Labute approximate surface area is 119 Å². The van der Waals surface area contributed by atoms with E-state index in [-0.39, 0.29) is 0 Å². The van der Waals surface area contributed by atoms with Crippen molar-refractivity contribution in [2.24, 2.45) is 11.8 Å². The Morgan fingerprint density at radius 2 is 1.94 bits per heavy atom. The number of hydrogen-bond acceptors (Lipinski definition) is 1. The van der Waals surface area contributed by atoms with Gasteiger partial charge in [0.1, 0.15) is 0 Å². The Morgan fingerprint density at radius 1 is 1.31 bits per heavy atom. The van der Waals surface area contributed by atoms with Gasteiger partial charge in [-0.15, -0.1) is 11.3 Å². The first-order chi connectivity index (χ1) is 7.58. The van der Waals surface area contributed by atoms with Crippen LogP contribution in [0, 0.1) is 18.8 Å². The molecule has 0 bridgehead atoms. The van der Waals surface area contributed by atoms with Crippen molar-refractivity contribution in [1.82, 2.24) is 0 Å². The zero-order valence-electron chi connectivity index (χ0n) is 9.80. The van der Waals surface area contributed by atoms with Crippen LogP contribution in [0.2, 0.25) is 0 Å². The molecule has 1 aliphatic rings. The van der Waals surface area contributed by atoms with Crippen molar-refractivity contribution in [3.8, 4) is 0 Å². The third kappa shape index (κ3) is 2.91. The largest absolute Gasteiger partial charge is 0.143 e. The molecular formula is C13H18Br2S. The lowest BCUT2D eigenvalue weighted by Gasteiger charge is -2.29. The maximum Gasteiger partial charge on any atom is 0.0528 e. The van der Waals surface area contributed by atoms with E-state index in [0.29, 0.717) is 4.83 Å². The Hall–Kier alpha value is 0.660. The molecule has 0 aromatic carbocycles. The minimum atomic E-state index is 0.549. The molecule has 2 rings (SSSR count). The second kappa shape index (κ2) is 5.53. The van der Waals surface area contributed by atoms with Crippen molar-refractivity contribution in [3.05, 3.63) is 20.3 Å². The highest BCUT2D eigenvalue weighted by Crippen LogP contribution is 2.46. The van der Waals surface area contributed by atoms with Crippen LogP contribution in [0.1, 0.15) is 47.2 Å². The third-order valence-electron chi connectivity index (χ3n) is 3.56. The fourth-order valence-corrected chi connectivity index (χ4v) is 5.81. The fraction of sp³-hybridized carbons (Fsp3) is 0.692. The predicted octanol–water partition coefficient (Wildman–Crippen LogP) is 6.08. The topological polar surface area (TPSA) is 0 Å². The van der Waals surface area contributed by atoms with Crippen molar-refractivity contribution < 1.29 is 0 Å². The number of hydrogen-bond donors (Lipinski definition) is 0. The van der Waals surface area contributed by atoms with Crippen LogP contribution < -0.4 is 0 Å². The van der Waals surface area contributed by atoms with E-state index in [1.165, 1.54) is 39.9 Å². The molecule has 1 unspecified atom stereocenters. The molecule has 0 radical (unpaired) electrons. The first-order valence-electron chi connectivity index (χ1n) is 5.98. The van der Waals surface area contributed by atoms with Gasteiger partial charge in [-0.1, -0.05) is 35.7 Å². The van der Waals surface area contributed by atoms with Crippen LogP contribution in [-0.2, 0) is 0 Å². The molecule has 1 atom stereocenters. The SMILES string of the molecule is Cc1cc(Br)c(C(Br)C2CCC(C)CC2)s1. The van der Waals surface area contributed by atoms with E-state index in [4.69, 9.17) is 0 Å².